The number of nitrogens with zero attached hydrogens (tertiary/aromatic N) is 1. The summed E-state index contributed by atoms with van der Waals surface area (Å²) in [5.41, 5.74) is 2.19. The van der Waals surface area contributed by atoms with Gasteiger partial charge in [0.25, 0.3) is 0 Å². The Kier molecular flexibility index (Phi) is 4.77. The lowest BCUT2D eigenvalue weighted by molar-refractivity contribution is -0.695. The average Bonchev–Trinajstić information content (AvgIpc) is 2.52. The molecule has 3 nitrogen and oxygen atoms in total. The van der Waals surface area contributed by atoms with Crippen LogP contribution in [0.2, 0.25) is 0 Å². The van der Waals surface area contributed by atoms with Crippen molar-refractivity contribution in [3.8, 4) is 11.5 Å². The van der Waals surface area contributed by atoms with Gasteiger partial charge >= 0.3 is 0 Å². The summed E-state index contributed by atoms with van der Waals surface area (Å²) in [4.78, 5) is 0. The summed E-state index contributed by atoms with van der Waals surface area (Å²) >= 11 is 0. The second kappa shape index (κ2) is 6.75. The zero-order valence-electron chi connectivity index (χ0n) is 12.2. The summed E-state index contributed by atoms with van der Waals surface area (Å²) in [5.74, 6) is 1.60. The minimum Gasteiger partial charge on any atom is -0.497 e. The third-order valence-corrected chi connectivity index (χ3v) is 3.19. The lowest BCUT2D eigenvalue weighted by Crippen LogP contribution is -2.34. The highest BCUT2D eigenvalue weighted by atomic mass is 16.5. The molecule has 0 N–H and O–H groups in total. The highest BCUT2D eigenvalue weighted by Crippen LogP contribution is 2.25. The molecular weight excluding hydrogens is 250 g/mol. The van der Waals surface area contributed by atoms with Gasteiger partial charge in [0, 0.05) is 29.8 Å². The zero-order valence-corrected chi connectivity index (χ0v) is 12.2. The lowest BCUT2D eigenvalue weighted by atomic mass is 10.1. The van der Waals surface area contributed by atoms with Crippen LogP contribution < -0.4 is 14.0 Å². The third-order valence-electron chi connectivity index (χ3n) is 3.19. The highest BCUT2D eigenvalue weighted by molar-refractivity contribution is 5.71. The fraction of sp³-hybridized carbons (Fsp3) is 0.235. The maximum atomic E-state index is 5.39. The summed E-state index contributed by atoms with van der Waals surface area (Å²) in [7, 11) is 3.32. The van der Waals surface area contributed by atoms with Crippen LogP contribution in [0.25, 0.3) is 12.2 Å². The normalized spacial score (nSPS) is 10.8. The molecule has 20 heavy (non-hydrogen) atoms. The molecule has 0 amide bonds. The smallest absolute Gasteiger partial charge is 0.205 e. The van der Waals surface area contributed by atoms with Gasteiger partial charge in [-0.2, -0.15) is 4.57 Å². The first-order valence-electron chi connectivity index (χ1n) is 6.67. The van der Waals surface area contributed by atoms with Crippen LogP contribution in [-0.4, -0.2) is 14.2 Å². The van der Waals surface area contributed by atoms with E-state index in [-0.39, 0.29) is 0 Å². The Morgan fingerprint density at radius 1 is 1.05 bits per heavy atom. The van der Waals surface area contributed by atoms with Crippen molar-refractivity contribution in [3.05, 3.63) is 53.9 Å². The quantitative estimate of drug-likeness (QED) is 0.779. The Morgan fingerprint density at radius 3 is 2.60 bits per heavy atom. The van der Waals surface area contributed by atoms with E-state index >= 15 is 0 Å². The van der Waals surface area contributed by atoms with Crippen LogP contribution in [0.1, 0.15) is 18.2 Å². The number of ether oxygens (including phenoxy) is 2. The van der Waals surface area contributed by atoms with Crippen molar-refractivity contribution in [1.29, 1.82) is 0 Å². The SMILES string of the molecule is CC[n+]1ccccc1C=Cc1ccc(OC)cc1OC. The molecule has 2 aromatic rings. The van der Waals surface area contributed by atoms with Gasteiger partial charge in [-0.15, -0.1) is 0 Å². The minimum atomic E-state index is 0.794. The summed E-state index contributed by atoms with van der Waals surface area (Å²) in [6, 6.07) is 12.0. The maximum absolute atomic E-state index is 5.39. The molecule has 0 unspecified atom stereocenters. The number of pyridine rings is 1. The lowest BCUT2D eigenvalue weighted by Gasteiger charge is -2.07. The number of methoxy groups -OCH3 is 2. The molecule has 0 spiro atoms. The van der Waals surface area contributed by atoms with E-state index in [2.05, 4.69) is 35.9 Å². The molecule has 1 aromatic carbocycles. The molecule has 0 bridgehead atoms. The topological polar surface area (TPSA) is 22.3 Å². The van der Waals surface area contributed by atoms with Crippen molar-refractivity contribution in [1.82, 2.24) is 0 Å². The summed E-state index contributed by atoms with van der Waals surface area (Å²) in [6.45, 7) is 3.07. The van der Waals surface area contributed by atoms with Crippen molar-refractivity contribution < 1.29 is 14.0 Å². The van der Waals surface area contributed by atoms with E-state index in [1.54, 1.807) is 14.2 Å². The highest BCUT2D eigenvalue weighted by Gasteiger charge is 2.05. The molecule has 0 fully saturated rings. The summed E-state index contributed by atoms with van der Waals surface area (Å²) in [6.07, 6.45) is 6.22. The molecule has 0 saturated carbocycles. The maximum Gasteiger partial charge on any atom is 0.205 e. The summed E-state index contributed by atoms with van der Waals surface area (Å²) in [5, 5.41) is 0. The predicted octanol–water partition coefficient (Wildman–Crippen LogP) is 3.18. The van der Waals surface area contributed by atoms with Gasteiger partial charge < -0.3 is 9.47 Å². The van der Waals surface area contributed by atoms with Crippen LogP contribution in [-0.2, 0) is 6.54 Å². The fourth-order valence-electron chi connectivity index (χ4n) is 2.06. The number of aryl methyl sites for hydroxylation is 1. The number of rotatable bonds is 5. The first-order valence-corrected chi connectivity index (χ1v) is 6.67. The van der Waals surface area contributed by atoms with Gasteiger partial charge in [-0.25, -0.2) is 0 Å². The molecule has 3 heteroatoms. The summed E-state index contributed by atoms with van der Waals surface area (Å²) < 4.78 is 12.8. The molecule has 2 rings (SSSR count). The van der Waals surface area contributed by atoms with Crippen LogP contribution in [0.5, 0.6) is 11.5 Å². The van der Waals surface area contributed by atoms with Crippen molar-refractivity contribution in [2.24, 2.45) is 0 Å². The molecule has 1 aromatic heterocycles. The Bertz CT molecular complexity index is 606. The van der Waals surface area contributed by atoms with Gasteiger partial charge in [-0.1, -0.05) is 0 Å². The van der Waals surface area contributed by atoms with Gasteiger partial charge in [-0.05, 0) is 31.2 Å². The van der Waals surface area contributed by atoms with E-state index in [4.69, 9.17) is 9.47 Å². The van der Waals surface area contributed by atoms with Crippen LogP contribution in [0, 0.1) is 0 Å². The predicted molar refractivity (Wildman–Crippen MR) is 80.8 cm³/mol. The largest absolute Gasteiger partial charge is 0.497 e. The van der Waals surface area contributed by atoms with Gasteiger partial charge in [0.15, 0.2) is 6.20 Å². The monoisotopic (exact) mass is 270 g/mol. The van der Waals surface area contributed by atoms with Crippen LogP contribution in [0.15, 0.2) is 42.6 Å². The minimum absolute atomic E-state index is 0.794. The number of hydrogen-bond donors (Lipinski definition) is 0. The van der Waals surface area contributed by atoms with Crippen LogP contribution in [0.3, 0.4) is 0 Å². The molecule has 0 saturated heterocycles. The van der Waals surface area contributed by atoms with Crippen LogP contribution in [0.4, 0.5) is 0 Å². The van der Waals surface area contributed by atoms with E-state index in [1.165, 1.54) is 0 Å². The first-order chi connectivity index (χ1) is 9.78. The van der Waals surface area contributed by atoms with Crippen molar-refractivity contribution in [2.75, 3.05) is 14.2 Å². The average molecular weight is 270 g/mol. The standard InChI is InChI=1S/C17H20NO2/c1-4-18-12-6-5-7-15(18)10-8-14-9-11-16(19-2)13-17(14)20-3/h5-13H,4H2,1-3H3/q+1. The van der Waals surface area contributed by atoms with E-state index in [1.807, 2.05) is 30.3 Å². The van der Waals surface area contributed by atoms with Gasteiger partial charge in [0.1, 0.15) is 18.0 Å². The van der Waals surface area contributed by atoms with Crippen LogP contribution >= 0.6 is 0 Å². The Hall–Kier alpha value is -2.29. The van der Waals surface area contributed by atoms with Crippen molar-refractivity contribution in [2.45, 2.75) is 13.5 Å². The second-order valence-electron chi connectivity index (χ2n) is 4.35. The molecular formula is C17H20NO2+. The van der Waals surface area contributed by atoms with Gasteiger partial charge in [0.05, 0.1) is 14.2 Å². The Balaban J connectivity index is 2.31. The molecule has 0 aliphatic rings. The molecule has 1 heterocycles. The number of benzene rings is 1. The van der Waals surface area contributed by atoms with E-state index in [0.29, 0.717) is 0 Å². The third kappa shape index (κ3) is 3.18. The molecule has 0 aliphatic heterocycles. The second-order valence-corrected chi connectivity index (χ2v) is 4.35. The molecule has 104 valence electrons. The number of aromatic nitrogens is 1. The molecule has 0 aliphatic carbocycles. The van der Waals surface area contributed by atoms with E-state index in [9.17, 15) is 0 Å². The zero-order chi connectivity index (χ0) is 14.4. The van der Waals surface area contributed by atoms with Crippen molar-refractivity contribution >= 4 is 12.2 Å². The van der Waals surface area contributed by atoms with E-state index < -0.39 is 0 Å². The van der Waals surface area contributed by atoms with Gasteiger partial charge in [0.2, 0.25) is 5.69 Å². The fourth-order valence-corrected chi connectivity index (χ4v) is 2.06. The Morgan fingerprint density at radius 2 is 1.90 bits per heavy atom. The van der Waals surface area contributed by atoms with Gasteiger partial charge in [-0.3, -0.25) is 0 Å². The molecule has 0 atom stereocenters. The number of hydrogen-bond acceptors (Lipinski definition) is 2. The molecule has 0 radical (unpaired) electrons. The van der Waals surface area contributed by atoms with E-state index in [0.717, 1.165) is 29.3 Å². The van der Waals surface area contributed by atoms with Crippen molar-refractivity contribution in [3.63, 3.8) is 0 Å². The first kappa shape index (κ1) is 14.1. The Labute approximate surface area is 120 Å².